The van der Waals surface area contributed by atoms with Crippen LogP contribution in [0.3, 0.4) is 0 Å². The van der Waals surface area contributed by atoms with Gasteiger partial charge in [-0.25, -0.2) is 9.59 Å². The van der Waals surface area contributed by atoms with E-state index in [9.17, 15) is 24.6 Å². The minimum atomic E-state index is -1.27. The topological polar surface area (TPSA) is 201 Å². The Bertz CT molecular complexity index is 929. The number of nitrogens with one attached hydrogen (secondary N) is 2. The lowest BCUT2D eigenvalue weighted by atomic mass is 10.1. The molecule has 12 heteroatoms. The molecule has 0 saturated carbocycles. The molecule has 0 saturated heterocycles. The molecule has 1 aromatic carbocycles. The Kier molecular flexibility index (Phi) is 8.53. The third kappa shape index (κ3) is 7.23. The Morgan fingerprint density at radius 2 is 1.78 bits per heavy atom. The number of nitrogens with two attached hydrogens (primary N) is 1. The number of aliphatic carboxylic acids is 2. The highest BCUT2D eigenvalue weighted by molar-refractivity contribution is 5.83. The third-order valence-corrected chi connectivity index (χ3v) is 4.70. The fraction of sp³-hybridized carbons (Fsp3) is 0.450. The zero-order valence-corrected chi connectivity index (χ0v) is 17.7. The number of carbonyl (C=O) groups is 3. The van der Waals surface area contributed by atoms with Crippen LogP contribution in [0.4, 0.5) is 4.79 Å². The van der Waals surface area contributed by atoms with Crippen molar-refractivity contribution in [3.8, 4) is 5.75 Å². The highest BCUT2D eigenvalue weighted by Gasteiger charge is 2.27. The van der Waals surface area contributed by atoms with Crippen LogP contribution in [0.25, 0.3) is 0 Å². The van der Waals surface area contributed by atoms with Crippen molar-refractivity contribution in [1.82, 2.24) is 20.8 Å². The van der Waals surface area contributed by atoms with Gasteiger partial charge in [-0.1, -0.05) is 31.1 Å². The average molecular weight is 449 g/mol. The molecule has 0 aliphatic heterocycles. The summed E-state index contributed by atoms with van der Waals surface area (Å²) in [4.78, 5) is 39.3. The maximum absolute atomic E-state index is 12.5. The van der Waals surface area contributed by atoms with Crippen LogP contribution >= 0.6 is 0 Å². The summed E-state index contributed by atoms with van der Waals surface area (Å²) in [7, 11) is 0. The first-order chi connectivity index (χ1) is 15.1. The predicted molar refractivity (Wildman–Crippen MR) is 111 cm³/mol. The van der Waals surface area contributed by atoms with Gasteiger partial charge in [0.15, 0.2) is 5.82 Å². The summed E-state index contributed by atoms with van der Waals surface area (Å²) < 4.78 is 5.17. The monoisotopic (exact) mass is 449 g/mol. The minimum Gasteiger partial charge on any atom is -0.508 e. The second-order valence-electron chi connectivity index (χ2n) is 7.62. The number of carboxylic acid groups (broad SMARTS) is 2. The van der Waals surface area contributed by atoms with E-state index in [4.69, 9.17) is 15.4 Å². The van der Waals surface area contributed by atoms with Crippen LogP contribution in [0, 0.1) is 5.92 Å². The Hall–Kier alpha value is -3.67. The van der Waals surface area contributed by atoms with Crippen LogP contribution in [-0.2, 0) is 16.0 Å². The van der Waals surface area contributed by atoms with Gasteiger partial charge in [0.25, 0.3) is 0 Å². The van der Waals surface area contributed by atoms with Gasteiger partial charge in [0, 0.05) is 12.8 Å². The van der Waals surface area contributed by atoms with Crippen LogP contribution in [0.5, 0.6) is 5.75 Å². The fourth-order valence-electron chi connectivity index (χ4n) is 2.77. The van der Waals surface area contributed by atoms with E-state index in [1.165, 1.54) is 12.1 Å². The first kappa shape index (κ1) is 24.6. The molecule has 2 aromatic rings. The number of hydrogen-bond donors (Lipinski definition) is 6. The number of amides is 2. The minimum absolute atomic E-state index is 0.0189. The van der Waals surface area contributed by atoms with Crippen molar-refractivity contribution in [2.45, 2.75) is 51.2 Å². The summed E-state index contributed by atoms with van der Waals surface area (Å²) in [6, 6.07) is 2.30. The zero-order chi connectivity index (χ0) is 23.8. The van der Waals surface area contributed by atoms with E-state index in [-0.39, 0.29) is 42.6 Å². The van der Waals surface area contributed by atoms with Crippen molar-refractivity contribution < 1.29 is 34.2 Å². The Morgan fingerprint density at radius 3 is 2.34 bits per heavy atom. The van der Waals surface area contributed by atoms with E-state index in [1.54, 1.807) is 12.1 Å². The molecule has 0 spiro atoms. The van der Waals surface area contributed by atoms with Crippen molar-refractivity contribution in [2.24, 2.45) is 11.7 Å². The normalized spacial score (nSPS) is 13.9. The molecule has 0 radical (unpaired) electrons. The summed E-state index contributed by atoms with van der Waals surface area (Å²) in [5.74, 6) is -2.12. The molecular weight excluding hydrogens is 422 g/mol. The van der Waals surface area contributed by atoms with Crippen molar-refractivity contribution in [3.05, 3.63) is 41.5 Å². The van der Waals surface area contributed by atoms with Crippen LogP contribution in [0.15, 0.2) is 28.8 Å². The third-order valence-electron chi connectivity index (χ3n) is 4.70. The summed E-state index contributed by atoms with van der Waals surface area (Å²) in [5.41, 5.74) is 6.58. The van der Waals surface area contributed by atoms with Gasteiger partial charge in [-0.05, 0) is 30.0 Å². The molecule has 0 aliphatic rings. The molecule has 0 fully saturated rings. The summed E-state index contributed by atoms with van der Waals surface area (Å²) in [6.45, 7) is 3.74. The molecule has 7 N–H and O–H groups in total. The number of hydrogen-bond acceptors (Lipinski definition) is 8. The quantitative estimate of drug-likeness (QED) is 0.290. The van der Waals surface area contributed by atoms with E-state index >= 15 is 0 Å². The molecule has 1 heterocycles. The highest BCUT2D eigenvalue weighted by atomic mass is 16.5. The molecular formula is C20H27N5O7. The lowest BCUT2D eigenvalue weighted by Crippen LogP contribution is -2.48. The van der Waals surface area contributed by atoms with Crippen molar-refractivity contribution in [1.29, 1.82) is 0 Å². The van der Waals surface area contributed by atoms with Crippen LogP contribution in [-0.4, -0.2) is 49.5 Å². The van der Waals surface area contributed by atoms with Gasteiger partial charge in [0.1, 0.15) is 17.8 Å². The number of phenolic OH excluding ortho intramolecular Hbond substituents is 1. The second kappa shape index (κ2) is 11.1. The summed E-state index contributed by atoms with van der Waals surface area (Å²) in [5, 5.41) is 36.4. The van der Waals surface area contributed by atoms with Gasteiger partial charge in [-0.15, -0.1) is 0 Å². The Labute approximate surface area is 183 Å². The standard InChI is InChI=1S/C20H27N5O7/c1-10(2)16(21)17-24-18(32-25-17)13(7-8-15(27)28)22-20(31)23-14(19(29)30)9-11-3-5-12(26)6-4-11/h3-6,10,13-14,16,26H,7-9,21H2,1-2H3,(H,27,28)(H,29,30)(H2,22,23,31)/t13-,14?,16?/m1/s1. The van der Waals surface area contributed by atoms with Crippen LogP contribution in [0.2, 0.25) is 0 Å². The molecule has 3 atom stereocenters. The molecule has 12 nitrogen and oxygen atoms in total. The Morgan fingerprint density at radius 1 is 1.12 bits per heavy atom. The number of rotatable bonds is 11. The lowest BCUT2D eigenvalue weighted by molar-refractivity contribution is -0.139. The molecule has 174 valence electrons. The van der Waals surface area contributed by atoms with Gasteiger partial charge >= 0.3 is 18.0 Å². The molecule has 2 amide bonds. The summed E-state index contributed by atoms with van der Waals surface area (Å²) >= 11 is 0. The van der Waals surface area contributed by atoms with Crippen molar-refractivity contribution in [2.75, 3.05) is 0 Å². The molecule has 2 rings (SSSR count). The number of aromatic hydroxyl groups is 1. The lowest BCUT2D eigenvalue weighted by Gasteiger charge is -2.19. The van der Waals surface area contributed by atoms with Crippen LogP contribution in [0.1, 0.15) is 56.1 Å². The Balaban J connectivity index is 2.11. The maximum Gasteiger partial charge on any atom is 0.326 e. The number of carboxylic acids is 2. The van der Waals surface area contributed by atoms with E-state index in [1.807, 2.05) is 13.8 Å². The molecule has 0 bridgehead atoms. The van der Waals surface area contributed by atoms with Crippen molar-refractivity contribution in [3.63, 3.8) is 0 Å². The first-order valence-corrected chi connectivity index (χ1v) is 9.95. The number of nitrogens with zero attached hydrogens (tertiary/aromatic N) is 2. The number of carbonyl (C=O) groups excluding carboxylic acids is 1. The van der Waals surface area contributed by atoms with E-state index in [2.05, 4.69) is 20.8 Å². The number of urea groups is 1. The molecule has 32 heavy (non-hydrogen) atoms. The van der Waals surface area contributed by atoms with Gasteiger partial charge in [-0.2, -0.15) is 4.98 Å². The predicted octanol–water partition coefficient (Wildman–Crippen LogP) is 1.33. The SMILES string of the molecule is CC(C)C(N)c1noc([C@@H](CCC(=O)O)NC(=O)NC(Cc2ccc(O)cc2)C(=O)O)n1. The molecule has 1 aromatic heterocycles. The fourth-order valence-corrected chi connectivity index (χ4v) is 2.77. The van der Waals surface area contributed by atoms with Crippen molar-refractivity contribution >= 4 is 18.0 Å². The van der Waals surface area contributed by atoms with Gasteiger partial charge < -0.3 is 36.2 Å². The molecule has 2 unspecified atom stereocenters. The van der Waals surface area contributed by atoms with Gasteiger partial charge in [-0.3, -0.25) is 4.79 Å². The average Bonchev–Trinajstić information content (AvgIpc) is 3.21. The smallest absolute Gasteiger partial charge is 0.326 e. The second-order valence-corrected chi connectivity index (χ2v) is 7.62. The van der Waals surface area contributed by atoms with E-state index in [0.29, 0.717) is 5.56 Å². The highest BCUT2D eigenvalue weighted by Crippen LogP contribution is 2.21. The van der Waals surface area contributed by atoms with E-state index < -0.39 is 36.1 Å². The van der Waals surface area contributed by atoms with Gasteiger partial charge in [0.05, 0.1) is 6.04 Å². The van der Waals surface area contributed by atoms with E-state index in [0.717, 1.165) is 0 Å². The van der Waals surface area contributed by atoms with Gasteiger partial charge in [0.2, 0.25) is 5.89 Å². The first-order valence-electron chi connectivity index (χ1n) is 9.95. The summed E-state index contributed by atoms with van der Waals surface area (Å²) in [6.07, 6.45) is -0.386. The number of phenols is 1. The zero-order valence-electron chi connectivity index (χ0n) is 17.7. The number of aromatic nitrogens is 2. The van der Waals surface area contributed by atoms with Crippen LogP contribution < -0.4 is 16.4 Å². The largest absolute Gasteiger partial charge is 0.508 e. The molecule has 0 aliphatic carbocycles. The maximum atomic E-state index is 12.5. The number of benzene rings is 1.